The standard InChI is InChI=1S/C27H39N3O5S/c1-20-11-8-13-23(17-20)30(36(7,33)34)16-10-15-25(31)29(21(2)26(32)28-27(3,4)5)19-22-12-9-14-24(18-22)35-6/h8-9,11-14,17-18,21H,10,15-16,19H2,1-7H3,(H,28,32). The first-order valence-electron chi connectivity index (χ1n) is 12.0. The molecule has 0 aliphatic heterocycles. The first-order chi connectivity index (χ1) is 16.7. The number of carbonyl (C=O) groups is 2. The molecule has 0 saturated heterocycles. The predicted octanol–water partition coefficient (Wildman–Crippen LogP) is 3.88. The molecular weight excluding hydrogens is 478 g/mol. The molecule has 0 bridgehead atoms. The van der Waals surface area contributed by atoms with Crippen molar-refractivity contribution in [1.82, 2.24) is 10.2 Å². The van der Waals surface area contributed by atoms with Crippen LogP contribution in [0.15, 0.2) is 48.5 Å². The van der Waals surface area contributed by atoms with Gasteiger partial charge in [0.2, 0.25) is 21.8 Å². The molecule has 8 nitrogen and oxygen atoms in total. The Balaban J connectivity index is 2.21. The van der Waals surface area contributed by atoms with Crippen molar-refractivity contribution in [3.63, 3.8) is 0 Å². The van der Waals surface area contributed by atoms with Crippen LogP contribution in [0.25, 0.3) is 0 Å². The molecule has 2 aromatic carbocycles. The highest BCUT2D eigenvalue weighted by molar-refractivity contribution is 7.92. The van der Waals surface area contributed by atoms with Crippen LogP contribution in [0.1, 0.15) is 51.7 Å². The van der Waals surface area contributed by atoms with Gasteiger partial charge in [-0.05, 0) is 76.4 Å². The third-order valence-corrected chi connectivity index (χ3v) is 6.79. The Kier molecular flexibility index (Phi) is 9.93. The van der Waals surface area contributed by atoms with Crippen LogP contribution in [0.4, 0.5) is 5.69 Å². The van der Waals surface area contributed by atoms with Gasteiger partial charge in [-0.3, -0.25) is 13.9 Å². The second-order valence-corrected chi connectivity index (χ2v) is 12.0. The zero-order chi connectivity index (χ0) is 27.1. The summed E-state index contributed by atoms with van der Waals surface area (Å²) in [5.41, 5.74) is 1.90. The van der Waals surface area contributed by atoms with Gasteiger partial charge in [-0.2, -0.15) is 0 Å². The molecule has 198 valence electrons. The van der Waals surface area contributed by atoms with Crippen molar-refractivity contribution >= 4 is 27.5 Å². The van der Waals surface area contributed by atoms with Crippen LogP contribution in [0, 0.1) is 6.92 Å². The van der Waals surface area contributed by atoms with E-state index < -0.39 is 21.6 Å². The smallest absolute Gasteiger partial charge is 0.242 e. The van der Waals surface area contributed by atoms with E-state index in [0.29, 0.717) is 17.9 Å². The number of carbonyl (C=O) groups excluding carboxylic acids is 2. The molecule has 2 aromatic rings. The topological polar surface area (TPSA) is 96.0 Å². The van der Waals surface area contributed by atoms with Gasteiger partial charge >= 0.3 is 0 Å². The number of benzene rings is 2. The number of aryl methyl sites for hydroxylation is 1. The Hall–Kier alpha value is -3.07. The van der Waals surface area contributed by atoms with E-state index >= 15 is 0 Å². The third kappa shape index (κ3) is 8.86. The molecule has 0 heterocycles. The van der Waals surface area contributed by atoms with Gasteiger partial charge in [0.1, 0.15) is 11.8 Å². The summed E-state index contributed by atoms with van der Waals surface area (Å²) in [6, 6.07) is 13.9. The molecule has 0 aromatic heterocycles. The van der Waals surface area contributed by atoms with Crippen molar-refractivity contribution < 1.29 is 22.7 Å². The first kappa shape index (κ1) is 29.2. The predicted molar refractivity (Wildman–Crippen MR) is 144 cm³/mol. The van der Waals surface area contributed by atoms with Crippen molar-refractivity contribution in [3.05, 3.63) is 59.7 Å². The number of hydrogen-bond donors (Lipinski definition) is 1. The van der Waals surface area contributed by atoms with Crippen molar-refractivity contribution in [1.29, 1.82) is 0 Å². The van der Waals surface area contributed by atoms with Gasteiger partial charge < -0.3 is 15.0 Å². The highest BCUT2D eigenvalue weighted by atomic mass is 32.2. The van der Waals surface area contributed by atoms with Crippen molar-refractivity contribution in [2.24, 2.45) is 0 Å². The number of ether oxygens (including phenoxy) is 1. The Bertz CT molecular complexity index is 1160. The maximum absolute atomic E-state index is 13.4. The van der Waals surface area contributed by atoms with E-state index in [4.69, 9.17) is 4.74 Å². The Morgan fingerprint density at radius 3 is 2.33 bits per heavy atom. The molecule has 2 rings (SSSR count). The van der Waals surface area contributed by atoms with E-state index in [1.807, 2.05) is 58.0 Å². The average Bonchev–Trinajstić information content (AvgIpc) is 2.77. The van der Waals surface area contributed by atoms with Crippen molar-refractivity contribution in [2.75, 3.05) is 24.2 Å². The van der Waals surface area contributed by atoms with Gasteiger partial charge in [-0.15, -0.1) is 0 Å². The highest BCUT2D eigenvalue weighted by Crippen LogP contribution is 2.21. The van der Waals surface area contributed by atoms with Crippen LogP contribution in [0.3, 0.4) is 0 Å². The summed E-state index contributed by atoms with van der Waals surface area (Å²) in [4.78, 5) is 27.8. The molecule has 2 amide bonds. The summed E-state index contributed by atoms with van der Waals surface area (Å²) < 4.78 is 31.5. The fourth-order valence-electron chi connectivity index (χ4n) is 3.81. The second-order valence-electron chi connectivity index (χ2n) is 10.1. The van der Waals surface area contributed by atoms with Gasteiger partial charge in [0.05, 0.1) is 19.1 Å². The lowest BCUT2D eigenvalue weighted by Crippen LogP contribution is -2.52. The molecular formula is C27H39N3O5S. The third-order valence-electron chi connectivity index (χ3n) is 5.59. The molecule has 0 aliphatic carbocycles. The SMILES string of the molecule is COc1cccc(CN(C(=O)CCCN(c2cccc(C)c2)S(C)(=O)=O)C(C)C(=O)NC(C)(C)C)c1. The van der Waals surface area contributed by atoms with Crippen LogP contribution < -0.4 is 14.4 Å². The molecule has 9 heteroatoms. The number of amides is 2. The molecule has 0 saturated carbocycles. The summed E-state index contributed by atoms with van der Waals surface area (Å²) in [5, 5.41) is 2.94. The normalized spacial score (nSPS) is 12.5. The molecule has 1 N–H and O–H groups in total. The molecule has 0 radical (unpaired) electrons. The van der Waals surface area contributed by atoms with Gasteiger partial charge in [0, 0.05) is 25.0 Å². The van der Waals surface area contributed by atoms with Crippen LogP contribution in [0.5, 0.6) is 5.75 Å². The Labute approximate surface area is 215 Å². The van der Waals surface area contributed by atoms with E-state index in [2.05, 4.69) is 5.32 Å². The number of rotatable bonds is 11. The minimum atomic E-state index is -3.53. The summed E-state index contributed by atoms with van der Waals surface area (Å²) in [6.07, 6.45) is 1.56. The summed E-state index contributed by atoms with van der Waals surface area (Å²) >= 11 is 0. The number of nitrogens with zero attached hydrogens (tertiary/aromatic N) is 2. The van der Waals surface area contributed by atoms with Crippen LogP contribution in [0.2, 0.25) is 0 Å². The molecule has 0 spiro atoms. The molecule has 0 fully saturated rings. The molecule has 1 unspecified atom stereocenters. The minimum absolute atomic E-state index is 0.0922. The maximum Gasteiger partial charge on any atom is 0.242 e. The highest BCUT2D eigenvalue weighted by Gasteiger charge is 2.28. The largest absolute Gasteiger partial charge is 0.497 e. The lowest BCUT2D eigenvalue weighted by atomic mass is 10.1. The van der Waals surface area contributed by atoms with E-state index in [0.717, 1.165) is 17.4 Å². The number of methoxy groups -OCH3 is 1. The van der Waals surface area contributed by atoms with E-state index in [1.165, 1.54) is 9.21 Å². The van der Waals surface area contributed by atoms with Crippen molar-refractivity contribution in [2.45, 2.75) is 65.6 Å². The van der Waals surface area contributed by atoms with E-state index in [-0.39, 0.29) is 31.3 Å². The van der Waals surface area contributed by atoms with Crippen LogP contribution in [-0.4, -0.2) is 56.6 Å². The zero-order valence-electron chi connectivity index (χ0n) is 22.4. The first-order valence-corrected chi connectivity index (χ1v) is 13.8. The van der Waals surface area contributed by atoms with Gasteiger partial charge in [-0.25, -0.2) is 8.42 Å². The van der Waals surface area contributed by atoms with Gasteiger partial charge in [0.15, 0.2) is 0 Å². The molecule has 1 atom stereocenters. The number of anilines is 1. The Morgan fingerprint density at radius 2 is 1.75 bits per heavy atom. The monoisotopic (exact) mass is 517 g/mol. The quantitative estimate of drug-likeness (QED) is 0.488. The Morgan fingerprint density at radius 1 is 1.08 bits per heavy atom. The molecule has 36 heavy (non-hydrogen) atoms. The molecule has 0 aliphatic rings. The lowest BCUT2D eigenvalue weighted by Gasteiger charge is -2.32. The minimum Gasteiger partial charge on any atom is -0.497 e. The lowest BCUT2D eigenvalue weighted by molar-refractivity contribution is -0.141. The van der Waals surface area contributed by atoms with Crippen molar-refractivity contribution in [3.8, 4) is 5.75 Å². The summed E-state index contributed by atoms with van der Waals surface area (Å²) in [5.74, 6) is 0.178. The fraction of sp³-hybridized carbons (Fsp3) is 0.481. The van der Waals surface area contributed by atoms with Gasteiger partial charge in [0.25, 0.3) is 0 Å². The number of nitrogens with one attached hydrogen (secondary N) is 1. The summed E-state index contributed by atoms with van der Waals surface area (Å²) in [7, 11) is -1.96. The average molecular weight is 518 g/mol. The number of sulfonamides is 1. The maximum atomic E-state index is 13.4. The fourth-order valence-corrected chi connectivity index (χ4v) is 4.77. The van der Waals surface area contributed by atoms with Crippen LogP contribution >= 0.6 is 0 Å². The van der Waals surface area contributed by atoms with E-state index in [1.54, 1.807) is 32.2 Å². The van der Waals surface area contributed by atoms with E-state index in [9.17, 15) is 18.0 Å². The summed E-state index contributed by atoms with van der Waals surface area (Å²) in [6.45, 7) is 9.64. The zero-order valence-corrected chi connectivity index (χ0v) is 23.2. The number of hydrogen-bond acceptors (Lipinski definition) is 5. The second kappa shape index (κ2) is 12.3. The van der Waals surface area contributed by atoms with Crippen LogP contribution in [-0.2, 0) is 26.2 Å². The van der Waals surface area contributed by atoms with Gasteiger partial charge in [-0.1, -0.05) is 24.3 Å².